The molecule has 0 saturated carbocycles. The van der Waals surface area contributed by atoms with Gasteiger partial charge in [-0.15, -0.1) is 0 Å². The number of nitrogens with one attached hydrogen (secondary N) is 1. The molecule has 20 heavy (non-hydrogen) atoms. The van der Waals surface area contributed by atoms with E-state index in [-0.39, 0.29) is 5.91 Å². The molecule has 0 spiro atoms. The summed E-state index contributed by atoms with van der Waals surface area (Å²) in [7, 11) is 0. The number of pyridine rings is 1. The number of carbonyl (C=O) groups is 1. The van der Waals surface area contributed by atoms with Gasteiger partial charge < -0.3 is 5.32 Å². The molecule has 1 aromatic carbocycles. The van der Waals surface area contributed by atoms with Crippen molar-refractivity contribution in [1.29, 1.82) is 0 Å². The van der Waals surface area contributed by atoms with Crippen LogP contribution in [-0.4, -0.2) is 10.9 Å². The number of rotatable bonds is 4. The fraction of sp³-hybridized carbons (Fsp3) is 0.250. The van der Waals surface area contributed by atoms with E-state index in [1.807, 2.05) is 12.1 Å². The van der Waals surface area contributed by atoms with Crippen LogP contribution in [0.2, 0.25) is 0 Å². The van der Waals surface area contributed by atoms with Crippen molar-refractivity contribution in [2.24, 2.45) is 0 Å². The molecular formula is C16H17BrN2O. The first-order valence-electron chi connectivity index (χ1n) is 6.63. The molecule has 0 aliphatic carbocycles. The summed E-state index contributed by atoms with van der Waals surface area (Å²) in [6.07, 6.45) is 2.71. The summed E-state index contributed by atoms with van der Waals surface area (Å²) in [5.41, 5.74) is 2.67. The molecule has 1 aromatic heterocycles. The Balaban J connectivity index is 2.08. The normalized spacial score (nSPS) is 11.9. The van der Waals surface area contributed by atoms with E-state index in [1.165, 1.54) is 5.56 Å². The molecule has 0 aliphatic rings. The first kappa shape index (κ1) is 14.7. The Morgan fingerprint density at radius 2 is 2.00 bits per heavy atom. The minimum atomic E-state index is -0.135. The molecule has 0 fully saturated rings. The van der Waals surface area contributed by atoms with Crippen LogP contribution in [0.4, 0.5) is 5.69 Å². The molecule has 2 rings (SSSR count). The number of hydrogen-bond acceptors (Lipinski definition) is 2. The molecule has 1 N–H and O–H groups in total. The van der Waals surface area contributed by atoms with Gasteiger partial charge in [-0.2, -0.15) is 0 Å². The van der Waals surface area contributed by atoms with Gasteiger partial charge >= 0.3 is 0 Å². The van der Waals surface area contributed by atoms with Gasteiger partial charge in [0.15, 0.2) is 0 Å². The summed E-state index contributed by atoms with van der Waals surface area (Å²) in [5, 5.41) is 2.88. The minimum absolute atomic E-state index is 0.135. The van der Waals surface area contributed by atoms with Crippen molar-refractivity contribution in [1.82, 2.24) is 4.98 Å². The number of nitrogens with zero attached hydrogens (tertiary/aromatic N) is 1. The van der Waals surface area contributed by atoms with E-state index in [9.17, 15) is 4.79 Å². The van der Waals surface area contributed by atoms with Gasteiger partial charge in [0.1, 0.15) is 4.60 Å². The van der Waals surface area contributed by atoms with Gasteiger partial charge in [-0.3, -0.25) is 4.79 Å². The Morgan fingerprint density at radius 3 is 2.60 bits per heavy atom. The van der Waals surface area contributed by atoms with Gasteiger partial charge in [0.25, 0.3) is 5.91 Å². The van der Waals surface area contributed by atoms with E-state index in [2.05, 4.69) is 52.2 Å². The van der Waals surface area contributed by atoms with E-state index in [4.69, 9.17) is 0 Å². The summed E-state index contributed by atoms with van der Waals surface area (Å²) in [6, 6.07) is 11.4. The maximum Gasteiger partial charge on any atom is 0.255 e. The predicted octanol–water partition coefficient (Wildman–Crippen LogP) is 4.61. The molecule has 1 atom stereocenters. The van der Waals surface area contributed by atoms with E-state index < -0.39 is 0 Å². The van der Waals surface area contributed by atoms with Crippen LogP contribution in [0.15, 0.2) is 47.2 Å². The average Bonchev–Trinajstić information content (AvgIpc) is 2.47. The Kier molecular flexibility index (Phi) is 4.90. The lowest BCUT2D eigenvalue weighted by Crippen LogP contribution is -2.12. The van der Waals surface area contributed by atoms with Crippen molar-refractivity contribution in [2.75, 3.05) is 5.32 Å². The lowest BCUT2D eigenvalue weighted by molar-refractivity contribution is 0.102. The Morgan fingerprint density at radius 1 is 1.30 bits per heavy atom. The van der Waals surface area contributed by atoms with Crippen LogP contribution in [0, 0.1) is 0 Å². The first-order chi connectivity index (χ1) is 9.60. The highest BCUT2D eigenvalue weighted by Crippen LogP contribution is 2.21. The number of halogens is 1. The Bertz CT molecular complexity index is 596. The zero-order valence-corrected chi connectivity index (χ0v) is 13.1. The molecule has 1 heterocycles. The van der Waals surface area contributed by atoms with Crippen molar-refractivity contribution in [3.63, 3.8) is 0 Å². The smallest absolute Gasteiger partial charge is 0.255 e. The quantitative estimate of drug-likeness (QED) is 0.830. The number of amides is 1. The second kappa shape index (κ2) is 6.66. The third-order valence-electron chi connectivity index (χ3n) is 3.34. The lowest BCUT2D eigenvalue weighted by atomic mass is 9.98. The van der Waals surface area contributed by atoms with Gasteiger partial charge in [-0.05, 0) is 58.1 Å². The van der Waals surface area contributed by atoms with Crippen molar-refractivity contribution in [2.45, 2.75) is 26.2 Å². The fourth-order valence-corrected chi connectivity index (χ4v) is 2.24. The monoisotopic (exact) mass is 332 g/mol. The van der Waals surface area contributed by atoms with Crippen molar-refractivity contribution in [3.05, 3.63) is 58.3 Å². The van der Waals surface area contributed by atoms with Crippen LogP contribution in [0.25, 0.3) is 0 Å². The van der Waals surface area contributed by atoms with Gasteiger partial charge in [0.05, 0.1) is 0 Å². The topological polar surface area (TPSA) is 42.0 Å². The summed E-state index contributed by atoms with van der Waals surface area (Å²) in [4.78, 5) is 16.1. The second-order valence-corrected chi connectivity index (χ2v) is 5.57. The van der Waals surface area contributed by atoms with Crippen LogP contribution in [0.1, 0.15) is 42.1 Å². The molecule has 0 saturated heterocycles. The Labute approximate surface area is 127 Å². The van der Waals surface area contributed by atoms with E-state index in [1.54, 1.807) is 18.3 Å². The molecule has 3 nitrogen and oxygen atoms in total. The summed E-state index contributed by atoms with van der Waals surface area (Å²) in [6.45, 7) is 4.36. The maximum atomic E-state index is 12.1. The molecule has 1 unspecified atom stereocenters. The van der Waals surface area contributed by atoms with Gasteiger partial charge in [-0.25, -0.2) is 4.98 Å². The Hall–Kier alpha value is -1.68. The highest BCUT2D eigenvalue weighted by atomic mass is 79.9. The predicted molar refractivity (Wildman–Crippen MR) is 85.0 cm³/mol. The molecule has 0 bridgehead atoms. The van der Waals surface area contributed by atoms with Crippen molar-refractivity contribution in [3.8, 4) is 0 Å². The molecule has 1 amide bonds. The van der Waals surface area contributed by atoms with Gasteiger partial charge in [0.2, 0.25) is 0 Å². The maximum absolute atomic E-state index is 12.1. The third-order valence-corrected chi connectivity index (χ3v) is 3.77. The lowest BCUT2D eigenvalue weighted by Gasteiger charge is -2.10. The largest absolute Gasteiger partial charge is 0.322 e. The molecular weight excluding hydrogens is 316 g/mol. The summed E-state index contributed by atoms with van der Waals surface area (Å²) in [5.74, 6) is 0.403. The molecule has 0 aliphatic heterocycles. The van der Waals surface area contributed by atoms with E-state index in [0.29, 0.717) is 16.1 Å². The van der Waals surface area contributed by atoms with Crippen LogP contribution in [0.5, 0.6) is 0 Å². The zero-order valence-electron chi connectivity index (χ0n) is 11.6. The first-order valence-corrected chi connectivity index (χ1v) is 7.42. The van der Waals surface area contributed by atoms with Crippen LogP contribution < -0.4 is 5.32 Å². The van der Waals surface area contributed by atoms with Crippen LogP contribution in [0.3, 0.4) is 0 Å². The average molecular weight is 333 g/mol. The standard InChI is InChI=1S/C16H17BrN2O/c1-3-11(2)12-4-6-14(7-5-12)19-16(20)13-8-9-18-15(17)10-13/h4-11H,3H2,1-2H3,(H,19,20). The second-order valence-electron chi connectivity index (χ2n) is 4.75. The molecule has 104 valence electrons. The van der Waals surface area contributed by atoms with Gasteiger partial charge in [-0.1, -0.05) is 26.0 Å². The third kappa shape index (κ3) is 3.67. The van der Waals surface area contributed by atoms with Crippen LogP contribution >= 0.6 is 15.9 Å². The minimum Gasteiger partial charge on any atom is -0.322 e. The fourth-order valence-electron chi connectivity index (χ4n) is 1.88. The van der Waals surface area contributed by atoms with Crippen molar-refractivity contribution >= 4 is 27.5 Å². The molecule has 4 heteroatoms. The summed E-state index contributed by atoms with van der Waals surface area (Å²) < 4.78 is 0.650. The highest BCUT2D eigenvalue weighted by Gasteiger charge is 2.07. The number of carbonyl (C=O) groups excluding carboxylic acids is 1. The van der Waals surface area contributed by atoms with E-state index in [0.717, 1.165) is 12.1 Å². The number of aromatic nitrogens is 1. The van der Waals surface area contributed by atoms with E-state index >= 15 is 0 Å². The van der Waals surface area contributed by atoms with Crippen LogP contribution in [-0.2, 0) is 0 Å². The number of anilines is 1. The molecule has 2 aromatic rings. The zero-order chi connectivity index (χ0) is 14.5. The molecule has 0 radical (unpaired) electrons. The number of hydrogen-bond donors (Lipinski definition) is 1. The number of benzene rings is 1. The SMILES string of the molecule is CCC(C)c1ccc(NC(=O)c2ccnc(Br)c2)cc1. The van der Waals surface area contributed by atoms with Gasteiger partial charge in [0, 0.05) is 17.4 Å². The summed E-state index contributed by atoms with van der Waals surface area (Å²) >= 11 is 3.26. The highest BCUT2D eigenvalue weighted by molar-refractivity contribution is 9.10. The van der Waals surface area contributed by atoms with Crippen molar-refractivity contribution < 1.29 is 4.79 Å².